The van der Waals surface area contributed by atoms with Crippen LogP contribution in [0.5, 0.6) is 0 Å². The molecule has 0 radical (unpaired) electrons. The normalized spacial score (nSPS) is 25.6. The van der Waals surface area contributed by atoms with E-state index in [9.17, 15) is 18.4 Å². The molecule has 0 spiro atoms. The molecule has 4 nitrogen and oxygen atoms in total. The average Bonchev–Trinajstić information content (AvgIpc) is 2.20. The van der Waals surface area contributed by atoms with Crippen molar-refractivity contribution < 1.29 is 18.4 Å². The molecule has 6 heteroatoms. The van der Waals surface area contributed by atoms with Gasteiger partial charge in [-0.3, -0.25) is 9.59 Å². The van der Waals surface area contributed by atoms with Crippen LogP contribution in [0.1, 0.15) is 34.1 Å². The second-order valence-electron chi connectivity index (χ2n) is 5.62. The van der Waals surface area contributed by atoms with Gasteiger partial charge in [0.1, 0.15) is 12.1 Å². The smallest absolute Gasteiger partial charge is 0.255 e. The summed E-state index contributed by atoms with van der Waals surface area (Å²) in [4.78, 5) is 25.1. The Labute approximate surface area is 106 Å². The van der Waals surface area contributed by atoms with Gasteiger partial charge in [-0.2, -0.15) is 0 Å². The first-order valence-electron chi connectivity index (χ1n) is 6.07. The molecule has 0 aromatic rings. The highest BCUT2D eigenvalue weighted by molar-refractivity contribution is 5.97. The molecule has 0 aromatic carbocycles. The van der Waals surface area contributed by atoms with Crippen molar-refractivity contribution in [2.24, 2.45) is 5.41 Å². The zero-order chi connectivity index (χ0) is 14.1. The molecule has 2 atom stereocenters. The average molecular weight is 262 g/mol. The molecule has 1 heterocycles. The van der Waals surface area contributed by atoms with Gasteiger partial charge in [0.25, 0.3) is 6.43 Å². The number of nitrogens with zero attached hydrogens (tertiary/aromatic N) is 1. The van der Waals surface area contributed by atoms with Crippen LogP contribution in [0.3, 0.4) is 0 Å². The molecule has 1 rings (SSSR count). The Bertz CT molecular complexity index is 339. The van der Waals surface area contributed by atoms with Crippen LogP contribution in [0.25, 0.3) is 0 Å². The Morgan fingerprint density at radius 2 is 1.89 bits per heavy atom. The minimum absolute atomic E-state index is 0.352. The van der Waals surface area contributed by atoms with Gasteiger partial charge in [-0.25, -0.2) is 8.78 Å². The van der Waals surface area contributed by atoms with Gasteiger partial charge in [-0.05, 0) is 11.8 Å². The number of rotatable bonds is 3. The summed E-state index contributed by atoms with van der Waals surface area (Å²) in [6.45, 7) is 6.32. The zero-order valence-electron chi connectivity index (χ0n) is 11.2. The van der Waals surface area contributed by atoms with Crippen LogP contribution >= 0.6 is 0 Å². The molecule has 0 aromatic heterocycles. The van der Waals surface area contributed by atoms with Crippen molar-refractivity contribution in [3.8, 4) is 0 Å². The molecular weight excluding hydrogens is 242 g/mol. The molecule has 1 aliphatic heterocycles. The molecule has 2 unspecified atom stereocenters. The lowest BCUT2D eigenvalue weighted by Crippen LogP contribution is -2.67. The molecule has 1 aliphatic rings. The fraction of sp³-hybridized carbons (Fsp3) is 0.833. The second-order valence-corrected chi connectivity index (χ2v) is 5.62. The minimum atomic E-state index is -2.64. The van der Waals surface area contributed by atoms with E-state index in [-0.39, 0.29) is 5.91 Å². The van der Waals surface area contributed by atoms with Gasteiger partial charge in [-0.15, -0.1) is 0 Å². The summed E-state index contributed by atoms with van der Waals surface area (Å²) >= 11 is 0. The number of carbonyl (C=O) groups is 2. The highest BCUT2D eigenvalue weighted by Crippen LogP contribution is 2.28. The van der Waals surface area contributed by atoms with E-state index in [0.717, 1.165) is 4.90 Å². The monoisotopic (exact) mass is 262 g/mol. The summed E-state index contributed by atoms with van der Waals surface area (Å²) in [6, 6.07) is -1.53. The molecular formula is C12H20F2N2O2. The number of hydrogen-bond donors (Lipinski definition) is 1. The predicted octanol–water partition coefficient (Wildman–Crippen LogP) is 1.40. The van der Waals surface area contributed by atoms with E-state index < -0.39 is 36.4 Å². The number of halogens is 2. The van der Waals surface area contributed by atoms with Crippen LogP contribution in [0.15, 0.2) is 0 Å². The van der Waals surface area contributed by atoms with Gasteiger partial charge in [-0.1, -0.05) is 27.7 Å². The Balaban J connectivity index is 3.06. The Kier molecular flexibility index (Phi) is 4.29. The maximum atomic E-state index is 12.6. The summed E-state index contributed by atoms with van der Waals surface area (Å²) in [7, 11) is 0. The van der Waals surface area contributed by atoms with E-state index in [4.69, 9.17) is 0 Å². The quantitative estimate of drug-likeness (QED) is 0.836. The lowest BCUT2D eigenvalue weighted by Gasteiger charge is -2.44. The lowest BCUT2D eigenvalue weighted by molar-refractivity contribution is -0.156. The van der Waals surface area contributed by atoms with Gasteiger partial charge in [0.15, 0.2) is 0 Å². The SMILES string of the molecule is CCC1NC(=O)C(C(C)(C)C)N(CC(F)F)C1=O. The fourth-order valence-corrected chi connectivity index (χ4v) is 2.26. The third kappa shape index (κ3) is 2.97. The number of piperazine rings is 1. The van der Waals surface area contributed by atoms with Crippen molar-refractivity contribution >= 4 is 11.8 Å². The Hall–Kier alpha value is -1.20. The highest BCUT2D eigenvalue weighted by Gasteiger charge is 2.46. The molecule has 1 fully saturated rings. The minimum Gasteiger partial charge on any atom is -0.342 e. The van der Waals surface area contributed by atoms with Gasteiger partial charge in [0.05, 0.1) is 6.54 Å². The van der Waals surface area contributed by atoms with Gasteiger partial charge in [0.2, 0.25) is 11.8 Å². The maximum absolute atomic E-state index is 12.6. The van der Waals surface area contributed by atoms with Crippen LogP contribution in [0.4, 0.5) is 8.78 Å². The number of amides is 2. The third-order valence-electron chi connectivity index (χ3n) is 3.02. The lowest BCUT2D eigenvalue weighted by atomic mass is 9.83. The van der Waals surface area contributed by atoms with Crippen molar-refractivity contribution in [2.75, 3.05) is 6.54 Å². The van der Waals surface area contributed by atoms with E-state index in [1.165, 1.54) is 0 Å². The Morgan fingerprint density at radius 3 is 2.28 bits per heavy atom. The first-order chi connectivity index (χ1) is 8.18. The Morgan fingerprint density at radius 1 is 1.33 bits per heavy atom. The topological polar surface area (TPSA) is 49.4 Å². The number of carbonyl (C=O) groups excluding carboxylic acids is 2. The second kappa shape index (κ2) is 5.20. The van der Waals surface area contributed by atoms with Crippen LogP contribution in [-0.4, -0.2) is 41.8 Å². The molecule has 18 heavy (non-hydrogen) atoms. The summed E-state index contributed by atoms with van der Waals surface area (Å²) in [6.07, 6.45) is -2.23. The van der Waals surface area contributed by atoms with E-state index >= 15 is 0 Å². The van der Waals surface area contributed by atoms with E-state index in [2.05, 4.69) is 5.32 Å². The van der Waals surface area contributed by atoms with Gasteiger partial charge >= 0.3 is 0 Å². The standard InChI is InChI=1S/C12H20F2N2O2/c1-5-7-11(18)16(6-8(13)14)9(10(17)15-7)12(2,3)4/h7-9H,5-6H2,1-4H3,(H,15,17). The predicted molar refractivity (Wildman–Crippen MR) is 63.2 cm³/mol. The molecule has 2 amide bonds. The summed E-state index contributed by atoms with van der Waals surface area (Å²) in [5.74, 6) is -0.771. The van der Waals surface area contributed by atoms with Crippen LogP contribution in [0.2, 0.25) is 0 Å². The van der Waals surface area contributed by atoms with Gasteiger partial charge in [0, 0.05) is 0 Å². The molecule has 104 valence electrons. The molecule has 0 bridgehead atoms. The number of hydrogen-bond acceptors (Lipinski definition) is 2. The van der Waals surface area contributed by atoms with Crippen molar-refractivity contribution in [3.05, 3.63) is 0 Å². The van der Waals surface area contributed by atoms with Crippen molar-refractivity contribution in [2.45, 2.75) is 52.6 Å². The summed E-state index contributed by atoms with van der Waals surface area (Å²) in [5, 5.41) is 2.60. The molecule has 0 saturated carbocycles. The molecule has 0 aliphatic carbocycles. The summed E-state index contributed by atoms with van der Waals surface area (Å²) in [5.41, 5.74) is -0.576. The first kappa shape index (κ1) is 14.9. The maximum Gasteiger partial charge on any atom is 0.255 e. The van der Waals surface area contributed by atoms with E-state index in [1.807, 2.05) is 0 Å². The third-order valence-corrected chi connectivity index (χ3v) is 3.02. The van der Waals surface area contributed by atoms with Gasteiger partial charge < -0.3 is 10.2 Å². The summed E-state index contributed by atoms with van der Waals surface area (Å²) < 4.78 is 25.2. The molecule has 1 N–H and O–H groups in total. The van der Waals surface area contributed by atoms with Crippen molar-refractivity contribution in [1.82, 2.24) is 10.2 Å². The van der Waals surface area contributed by atoms with Crippen molar-refractivity contribution in [3.63, 3.8) is 0 Å². The highest BCUT2D eigenvalue weighted by atomic mass is 19.3. The van der Waals surface area contributed by atoms with Crippen LogP contribution in [0, 0.1) is 5.41 Å². The van der Waals surface area contributed by atoms with Crippen molar-refractivity contribution in [1.29, 1.82) is 0 Å². The van der Waals surface area contributed by atoms with E-state index in [0.29, 0.717) is 6.42 Å². The fourth-order valence-electron chi connectivity index (χ4n) is 2.26. The van der Waals surface area contributed by atoms with E-state index in [1.54, 1.807) is 27.7 Å². The largest absolute Gasteiger partial charge is 0.342 e. The van der Waals surface area contributed by atoms with Crippen LogP contribution < -0.4 is 5.32 Å². The number of alkyl halides is 2. The number of nitrogens with one attached hydrogen (secondary N) is 1. The van der Waals surface area contributed by atoms with Crippen LogP contribution in [-0.2, 0) is 9.59 Å². The first-order valence-corrected chi connectivity index (χ1v) is 6.07. The zero-order valence-corrected chi connectivity index (χ0v) is 11.2. The molecule has 1 saturated heterocycles.